The number of anilines is 1. The highest BCUT2D eigenvalue weighted by Crippen LogP contribution is 2.31. The Morgan fingerprint density at radius 2 is 1.80 bits per heavy atom. The molecular formula is C18H15BrN2O4. The van der Waals surface area contributed by atoms with Gasteiger partial charge in [-0.15, -0.1) is 0 Å². The Balaban J connectivity index is 2.05. The highest BCUT2D eigenvalue weighted by Gasteiger charge is 2.21. The summed E-state index contributed by atoms with van der Waals surface area (Å²) in [7, 11) is 2.84. The van der Waals surface area contributed by atoms with Crippen LogP contribution in [0, 0.1) is 0 Å². The fourth-order valence-electron chi connectivity index (χ4n) is 2.48. The Morgan fingerprint density at radius 3 is 2.44 bits per heavy atom. The zero-order valence-corrected chi connectivity index (χ0v) is 15.1. The Kier molecular flexibility index (Phi) is 4.76. The maximum atomic E-state index is 12.5. The number of aromatic amines is 1. The molecule has 0 fully saturated rings. The van der Waals surface area contributed by atoms with Gasteiger partial charge >= 0.3 is 5.97 Å². The molecule has 0 aliphatic rings. The van der Waals surface area contributed by atoms with Crippen molar-refractivity contribution in [2.75, 3.05) is 19.5 Å². The molecule has 2 N–H and O–H groups in total. The molecule has 6 nitrogen and oxygen atoms in total. The minimum atomic E-state index is -0.568. The van der Waals surface area contributed by atoms with Crippen molar-refractivity contribution >= 4 is 44.4 Å². The van der Waals surface area contributed by atoms with Crippen molar-refractivity contribution in [1.29, 1.82) is 0 Å². The molecular weight excluding hydrogens is 388 g/mol. The lowest BCUT2D eigenvalue weighted by atomic mass is 10.1. The standard InChI is InChI=1S/C18H15BrN2O4/c1-24-12-7-8-13-14(9-12)20-16(18(23)25-2)15(13)21-17(22)10-3-5-11(19)6-4-10/h3-9,20H,1-2H3,(H,21,22). The molecule has 1 heterocycles. The average Bonchev–Trinajstić information content (AvgIpc) is 2.99. The second-order valence-electron chi connectivity index (χ2n) is 5.24. The van der Waals surface area contributed by atoms with Crippen LogP contribution in [0.5, 0.6) is 5.75 Å². The summed E-state index contributed by atoms with van der Waals surface area (Å²) >= 11 is 3.33. The molecule has 0 radical (unpaired) electrons. The molecule has 0 saturated carbocycles. The molecule has 0 saturated heterocycles. The van der Waals surface area contributed by atoms with E-state index in [0.29, 0.717) is 27.9 Å². The van der Waals surface area contributed by atoms with Crippen LogP contribution >= 0.6 is 15.9 Å². The number of methoxy groups -OCH3 is 2. The zero-order valence-electron chi connectivity index (χ0n) is 13.6. The van der Waals surface area contributed by atoms with E-state index in [0.717, 1.165) is 4.47 Å². The first-order valence-electron chi connectivity index (χ1n) is 7.38. The third-order valence-electron chi connectivity index (χ3n) is 3.74. The van der Waals surface area contributed by atoms with E-state index in [-0.39, 0.29) is 11.6 Å². The van der Waals surface area contributed by atoms with Gasteiger partial charge in [0.1, 0.15) is 11.4 Å². The van der Waals surface area contributed by atoms with Gasteiger partial charge in [-0.1, -0.05) is 15.9 Å². The second kappa shape index (κ2) is 6.98. The highest BCUT2D eigenvalue weighted by molar-refractivity contribution is 9.10. The van der Waals surface area contributed by atoms with Crippen LogP contribution in [-0.4, -0.2) is 31.1 Å². The number of fused-ring (bicyclic) bond motifs is 1. The molecule has 0 atom stereocenters. The van der Waals surface area contributed by atoms with E-state index in [1.807, 2.05) is 0 Å². The smallest absolute Gasteiger partial charge is 0.356 e. The van der Waals surface area contributed by atoms with Crippen molar-refractivity contribution in [3.05, 3.63) is 58.2 Å². The fraction of sp³-hybridized carbons (Fsp3) is 0.111. The van der Waals surface area contributed by atoms with Crippen LogP contribution in [-0.2, 0) is 4.74 Å². The number of H-pyrrole nitrogens is 1. The summed E-state index contributed by atoms with van der Waals surface area (Å²) in [5, 5.41) is 3.48. The highest BCUT2D eigenvalue weighted by atomic mass is 79.9. The number of nitrogens with one attached hydrogen (secondary N) is 2. The fourth-order valence-corrected chi connectivity index (χ4v) is 2.74. The number of hydrogen-bond donors (Lipinski definition) is 2. The van der Waals surface area contributed by atoms with Crippen LogP contribution in [0.4, 0.5) is 5.69 Å². The van der Waals surface area contributed by atoms with Crippen molar-refractivity contribution in [1.82, 2.24) is 4.98 Å². The molecule has 25 heavy (non-hydrogen) atoms. The number of hydrogen-bond acceptors (Lipinski definition) is 4. The first kappa shape index (κ1) is 17.0. The number of carbonyl (C=O) groups is 2. The largest absolute Gasteiger partial charge is 0.497 e. The molecule has 0 aliphatic carbocycles. The van der Waals surface area contributed by atoms with Gasteiger partial charge in [0.15, 0.2) is 0 Å². The summed E-state index contributed by atoms with van der Waals surface area (Å²) < 4.78 is 10.9. The summed E-state index contributed by atoms with van der Waals surface area (Å²) in [6, 6.07) is 12.2. The predicted octanol–water partition coefficient (Wildman–Crippen LogP) is 3.98. The Hall–Kier alpha value is -2.80. The van der Waals surface area contributed by atoms with Gasteiger partial charge in [-0.25, -0.2) is 4.79 Å². The Bertz CT molecular complexity index is 948. The molecule has 1 amide bonds. The molecule has 0 aliphatic heterocycles. The van der Waals surface area contributed by atoms with E-state index in [1.54, 1.807) is 49.6 Å². The van der Waals surface area contributed by atoms with E-state index in [4.69, 9.17) is 9.47 Å². The van der Waals surface area contributed by atoms with Crippen LogP contribution in [0.2, 0.25) is 0 Å². The molecule has 128 valence electrons. The van der Waals surface area contributed by atoms with Gasteiger partial charge in [0, 0.05) is 21.5 Å². The normalized spacial score (nSPS) is 10.5. The van der Waals surface area contributed by atoms with Gasteiger partial charge in [0.25, 0.3) is 5.91 Å². The first-order valence-corrected chi connectivity index (χ1v) is 8.17. The second-order valence-corrected chi connectivity index (χ2v) is 6.15. The van der Waals surface area contributed by atoms with Crippen molar-refractivity contribution in [2.45, 2.75) is 0 Å². The number of esters is 1. The van der Waals surface area contributed by atoms with E-state index in [9.17, 15) is 9.59 Å². The predicted molar refractivity (Wildman–Crippen MR) is 98.3 cm³/mol. The average molecular weight is 403 g/mol. The summed E-state index contributed by atoms with van der Waals surface area (Å²) in [6.45, 7) is 0. The third kappa shape index (κ3) is 3.36. The van der Waals surface area contributed by atoms with E-state index >= 15 is 0 Å². The van der Waals surface area contributed by atoms with E-state index in [2.05, 4.69) is 26.2 Å². The number of rotatable bonds is 4. The lowest BCUT2D eigenvalue weighted by molar-refractivity contribution is 0.0596. The topological polar surface area (TPSA) is 80.4 Å². The van der Waals surface area contributed by atoms with Gasteiger partial charge in [0.05, 0.1) is 25.4 Å². The molecule has 3 rings (SSSR count). The van der Waals surface area contributed by atoms with Gasteiger partial charge in [0.2, 0.25) is 0 Å². The van der Waals surface area contributed by atoms with Crippen molar-refractivity contribution in [2.24, 2.45) is 0 Å². The summed E-state index contributed by atoms with van der Waals surface area (Å²) in [5.41, 5.74) is 1.68. The summed E-state index contributed by atoms with van der Waals surface area (Å²) in [4.78, 5) is 27.6. The molecule has 0 bridgehead atoms. The SMILES string of the molecule is COC(=O)c1[nH]c2cc(OC)ccc2c1NC(=O)c1ccc(Br)cc1. The number of aromatic nitrogens is 1. The molecule has 2 aromatic carbocycles. The van der Waals surface area contributed by atoms with Crippen molar-refractivity contribution in [3.8, 4) is 5.75 Å². The van der Waals surface area contributed by atoms with Crippen molar-refractivity contribution in [3.63, 3.8) is 0 Å². The van der Waals surface area contributed by atoms with E-state index in [1.165, 1.54) is 7.11 Å². The van der Waals surface area contributed by atoms with Crippen LogP contribution in [0.25, 0.3) is 10.9 Å². The number of halogens is 1. The lowest BCUT2D eigenvalue weighted by Gasteiger charge is -2.07. The van der Waals surface area contributed by atoms with Crippen LogP contribution in [0.1, 0.15) is 20.8 Å². The van der Waals surface area contributed by atoms with Gasteiger partial charge in [-0.2, -0.15) is 0 Å². The maximum Gasteiger partial charge on any atom is 0.356 e. The van der Waals surface area contributed by atoms with Gasteiger partial charge < -0.3 is 19.8 Å². The number of benzene rings is 2. The molecule has 0 unspecified atom stereocenters. The summed E-state index contributed by atoms with van der Waals surface area (Å²) in [5.74, 6) is -0.258. The van der Waals surface area contributed by atoms with Crippen molar-refractivity contribution < 1.29 is 19.1 Å². The number of amides is 1. The van der Waals surface area contributed by atoms with Crippen LogP contribution < -0.4 is 10.1 Å². The third-order valence-corrected chi connectivity index (χ3v) is 4.27. The van der Waals surface area contributed by atoms with Crippen LogP contribution in [0.15, 0.2) is 46.9 Å². The van der Waals surface area contributed by atoms with Gasteiger partial charge in [-0.3, -0.25) is 4.79 Å². The minimum Gasteiger partial charge on any atom is -0.497 e. The molecule has 1 aromatic heterocycles. The van der Waals surface area contributed by atoms with Gasteiger partial charge in [-0.05, 0) is 36.4 Å². The summed E-state index contributed by atoms with van der Waals surface area (Å²) in [6.07, 6.45) is 0. The number of ether oxygens (including phenoxy) is 2. The quantitative estimate of drug-likeness (QED) is 0.646. The van der Waals surface area contributed by atoms with E-state index < -0.39 is 5.97 Å². The minimum absolute atomic E-state index is 0.177. The monoisotopic (exact) mass is 402 g/mol. The Morgan fingerprint density at radius 1 is 1.08 bits per heavy atom. The van der Waals surface area contributed by atoms with Crippen LogP contribution in [0.3, 0.4) is 0 Å². The lowest BCUT2D eigenvalue weighted by Crippen LogP contribution is -2.14. The molecule has 7 heteroatoms. The molecule has 0 spiro atoms. The zero-order chi connectivity index (χ0) is 18.0. The number of carbonyl (C=O) groups excluding carboxylic acids is 2. The maximum absolute atomic E-state index is 12.5. The molecule has 3 aromatic rings. The first-order chi connectivity index (χ1) is 12.0. The Labute approximate surface area is 152 Å².